The number of carbonyl (C=O) groups is 2. The summed E-state index contributed by atoms with van der Waals surface area (Å²) in [5, 5.41) is 3.57. The van der Waals surface area contributed by atoms with Gasteiger partial charge in [-0.1, -0.05) is 26.0 Å². The average Bonchev–Trinajstić information content (AvgIpc) is 2.77. The standard InChI is InChI=1S/C23H31N3O5S/c1-15(2)12-19(23(28)31-4)25-22(27)17-8-10-26(11-9-17)32(29,30)20-7-5-6-18-13-16(3)14-24-21(18)20/h5-7,13-15,17,19H,8-12H2,1-4H3,(H,25,27)/t19-/m1/s1. The van der Waals surface area contributed by atoms with Crippen LogP contribution >= 0.6 is 0 Å². The number of piperidine rings is 1. The van der Waals surface area contributed by atoms with Gasteiger partial charge in [0.25, 0.3) is 0 Å². The predicted molar refractivity (Wildman–Crippen MR) is 121 cm³/mol. The van der Waals surface area contributed by atoms with Crippen LogP contribution in [-0.2, 0) is 24.3 Å². The third-order valence-electron chi connectivity index (χ3n) is 5.76. The fraction of sp³-hybridized carbons (Fsp3) is 0.522. The zero-order valence-electron chi connectivity index (χ0n) is 19.0. The first-order valence-electron chi connectivity index (χ1n) is 10.9. The number of ether oxygens (including phenoxy) is 1. The van der Waals surface area contributed by atoms with E-state index in [2.05, 4.69) is 10.3 Å². The van der Waals surface area contributed by atoms with Crippen molar-refractivity contribution < 1.29 is 22.7 Å². The fourth-order valence-electron chi connectivity index (χ4n) is 4.07. The number of fused-ring (bicyclic) bond motifs is 1. The maximum Gasteiger partial charge on any atom is 0.328 e. The van der Waals surface area contributed by atoms with Crippen molar-refractivity contribution in [3.63, 3.8) is 0 Å². The van der Waals surface area contributed by atoms with E-state index in [1.807, 2.05) is 32.9 Å². The Morgan fingerprint density at radius 3 is 2.56 bits per heavy atom. The summed E-state index contributed by atoms with van der Waals surface area (Å²) in [5.74, 6) is -0.843. The Kier molecular flexibility index (Phi) is 7.51. The zero-order valence-corrected chi connectivity index (χ0v) is 19.8. The molecule has 0 aliphatic carbocycles. The summed E-state index contributed by atoms with van der Waals surface area (Å²) < 4.78 is 32.9. The van der Waals surface area contributed by atoms with E-state index < -0.39 is 22.0 Å². The highest BCUT2D eigenvalue weighted by Gasteiger charge is 2.34. The van der Waals surface area contributed by atoms with E-state index in [9.17, 15) is 18.0 Å². The lowest BCUT2D eigenvalue weighted by molar-refractivity contribution is -0.146. The van der Waals surface area contributed by atoms with Gasteiger partial charge >= 0.3 is 5.97 Å². The number of hydrogen-bond acceptors (Lipinski definition) is 6. The molecule has 1 aromatic heterocycles. The molecule has 1 aliphatic heterocycles. The topological polar surface area (TPSA) is 106 Å². The third-order valence-corrected chi connectivity index (χ3v) is 7.69. The Hall–Kier alpha value is -2.52. The van der Waals surface area contributed by atoms with Crippen LogP contribution in [0.1, 0.15) is 38.7 Å². The Bertz CT molecular complexity index is 1090. The molecule has 1 saturated heterocycles. The third kappa shape index (κ3) is 5.27. The zero-order chi connectivity index (χ0) is 23.5. The first-order chi connectivity index (χ1) is 15.1. The molecule has 1 aliphatic rings. The van der Waals surface area contributed by atoms with Crippen molar-refractivity contribution >= 4 is 32.8 Å². The molecule has 2 heterocycles. The van der Waals surface area contributed by atoms with Crippen LogP contribution in [0.5, 0.6) is 0 Å². The van der Waals surface area contributed by atoms with E-state index in [0.717, 1.165) is 10.9 Å². The molecular weight excluding hydrogens is 430 g/mol. The maximum atomic E-state index is 13.3. The number of sulfonamides is 1. The van der Waals surface area contributed by atoms with Crippen LogP contribution in [0.4, 0.5) is 0 Å². The second-order valence-electron chi connectivity index (χ2n) is 8.73. The Labute approximate surface area is 189 Å². The molecule has 0 saturated carbocycles. The van der Waals surface area contributed by atoms with Gasteiger partial charge in [0.15, 0.2) is 0 Å². The molecule has 1 amide bonds. The molecule has 0 bridgehead atoms. The first kappa shape index (κ1) is 24.1. The SMILES string of the molecule is COC(=O)[C@@H](CC(C)C)NC(=O)C1CCN(S(=O)(=O)c2cccc3cc(C)cnc23)CC1. The van der Waals surface area contributed by atoms with Crippen molar-refractivity contribution in [2.45, 2.75) is 51.0 Å². The number of nitrogens with one attached hydrogen (secondary N) is 1. The largest absolute Gasteiger partial charge is 0.467 e. The van der Waals surface area contributed by atoms with Gasteiger partial charge in [-0.2, -0.15) is 4.31 Å². The van der Waals surface area contributed by atoms with E-state index in [4.69, 9.17) is 4.74 Å². The van der Waals surface area contributed by atoms with Crippen LogP contribution in [0, 0.1) is 18.8 Å². The molecule has 32 heavy (non-hydrogen) atoms. The van der Waals surface area contributed by atoms with Crippen LogP contribution in [0.25, 0.3) is 10.9 Å². The van der Waals surface area contributed by atoms with Gasteiger partial charge in [0.1, 0.15) is 10.9 Å². The van der Waals surface area contributed by atoms with Gasteiger partial charge in [-0.05, 0) is 49.8 Å². The van der Waals surface area contributed by atoms with Gasteiger partial charge in [0.05, 0.1) is 12.6 Å². The highest BCUT2D eigenvalue weighted by molar-refractivity contribution is 7.89. The smallest absolute Gasteiger partial charge is 0.328 e. The number of methoxy groups -OCH3 is 1. The highest BCUT2D eigenvalue weighted by atomic mass is 32.2. The van der Waals surface area contributed by atoms with E-state index >= 15 is 0 Å². The molecular formula is C23H31N3O5S. The minimum absolute atomic E-state index is 0.181. The Morgan fingerprint density at radius 2 is 1.94 bits per heavy atom. The van der Waals surface area contributed by atoms with E-state index in [0.29, 0.717) is 24.8 Å². The molecule has 1 fully saturated rings. The van der Waals surface area contributed by atoms with Gasteiger partial charge in [-0.25, -0.2) is 13.2 Å². The summed E-state index contributed by atoms with van der Waals surface area (Å²) in [4.78, 5) is 29.3. The number of nitrogens with zero attached hydrogens (tertiary/aromatic N) is 2. The van der Waals surface area contributed by atoms with Crippen LogP contribution in [0.2, 0.25) is 0 Å². The number of aryl methyl sites for hydroxylation is 1. The predicted octanol–water partition coefficient (Wildman–Crippen LogP) is 2.65. The number of rotatable bonds is 7. The summed E-state index contributed by atoms with van der Waals surface area (Å²) in [7, 11) is -2.44. The maximum absolute atomic E-state index is 13.3. The van der Waals surface area contributed by atoms with Crippen LogP contribution in [0.3, 0.4) is 0 Å². The lowest BCUT2D eigenvalue weighted by Crippen LogP contribution is -2.48. The number of benzene rings is 1. The molecule has 0 radical (unpaired) electrons. The lowest BCUT2D eigenvalue weighted by atomic mass is 9.96. The number of carbonyl (C=O) groups excluding carboxylic acids is 2. The molecule has 0 spiro atoms. The Balaban J connectivity index is 1.70. The van der Waals surface area contributed by atoms with Crippen molar-refractivity contribution in [2.24, 2.45) is 11.8 Å². The normalized spacial score (nSPS) is 16.8. The molecule has 1 N–H and O–H groups in total. The second kappa shape index (κ2) is 9.95. The minimum Gasteiger partial charge on any atom is -0.467 e. The quantitative estimate of drug-likeness (QED) is 0.636. The van der Waals surface area contributed by atoms with Crippen molar-refractivity contribution in [1.82, 2.24) is 14.6 Å². The minimum atomic E-state index is -3.74. The van der Waals surface area contributed by atoms with Gasteiger partial charge < -0.3 is 10.1 Å². The Morgan fingerprint density at radius 1 is 1.25 bits per heavy atom. The van der Waals surface area contributed by atoms with Crippen LogP contribution in [0.15, 0.2) is 35.4 Å². The summed E-state index contributed by atoms with van der Waals surface area (Å²) >= 11 is 0. The number of pyridine rings is 1. The molecule has 8 nitrogen and oxygen atoms in total. The molecule has 3 rings (SSSR count). The van der Waals surface area contributed by atoms with Crippen molar-refractivity contribution in [2.75, 3.05) is 20.2 Å². The van der Waals surface area contributed by atoms with Crippen molar-refractivity contribution in [3.05, 3.63) is 36.0 Å². The number of hydrogen-bond donors (Lipinski definition) is 1. The van der Waals surface area contributed by atoms with Crippen LogP contribution < -0.4 is 5.32 Å². The lowest BCUT2D eigenvalue weighted by Gasteiger charge is -2.31. The summed E-state index contributed by atoms with van der Waals surface area (Å²) in [5.41, 5.74) is 1.41. The van der Waals surface area contributed by atoms with Gasteiger partial charge in [0, 0.05) is 30.6 Å². The number of para-hydroxylation sites is 1. The summed E-state index contributed by atoms with van der Waals surface area (Å²) in [6.45, 7) is 6.31. The van der Waals surface area contributed by atoms with Crippen molar-refractivity contribution in [1.29, 1.82) is 0 Å². The molecule has 9 heteroatoms. The summed E-state index contributed by atoms with van der Waals surface area (Å²) in [6, 6.07) is 6.36. The number of esters is 1. The van der Waals surface area contributed by atoms with Crippen molar-refractivity contribution in [3.8, 4) is 0 Å². The second-order valence-corrected chi connectivity index (χ2v) is 10.6. The van der Waals surface area contributed by atoms with E-state index in [1.54, 1.807) is 18.3 Å². The summed E-state index contributed by atoms with van der Waals surface area (Å²) in [6.07, 6.45) is 2.92. The molecule has 1 atom stereocenters. The van der Waals surface area contributed by atoms with Gasteiger partial charge in [0.2, 0.25) is 15.9 Å². The number of amides is 1. The monoisotopic (exact) mass is 461 g/mol. The molecule has 174 valence electrons. The average molecular weight is 462 g/mol. The van der Waals surface area contributed by atoms with E-state index in [1.165, 1.54) is 11.4 Å². The molecule has 0 unspecified atom stereocenters. The first-order valence-corrected chi connectivity index (χ1v) is 12.3. The molecule has 1 aromatic carbocycles. The van der Waals surface area contributed by atoms with E-state index in [-0.39, 0.29) is 35.7 Å². The highest BCUT2D eigenvalue weighted by Crippen LogP contribution is 2.28. The molecule has 2 aromatic rings. The van der Waals surface area contributed by atoms with Crippen LogP contribution in [-0.4, -0.2) is 55.8 Å². The fourth-order valence-corrected chi connectivity index (χ4v) is 5.70. The van der Waals surface area contributed by atoms with Gasteiger partial charge in [-0.3, -0.25) is 9.78 Å². The van der Waals surface area contributed by atoms with Gasteiger partial charge in [-0.15, -0.1) is 0 Å². The number of aromatic nitrogens is 1.